The van der Waals surface area contributed by atoms with Gasteiger partial charge in [-0.3, -0.25) is 9.59 Å². The summed E-state index contributed by atoms with van der Waals surface area (Å²) in [7, 11) is -1.25. The Hall–Kier alpha value is 0.270. The highest BCUT2D eigenvalue weighted by Crippen LogP contribution is 2.45. The fourth-order valence-corrected chi connectivity index (χ4v) is 5.71. The largest absolute Gasteiger partial charge is 0.378 e. The minimum atomic E-state index is -1.25. The van der Waals surface area contributed by atoms with Crippen LogP contribution >= 0.6 is 32.0 Å². The Kier molecular flexibility index (Phi) is 17.8. The van der Waals surface area contributed by atoms with E-state index in [-0.39, 0.29) is 33.1 Å². The second-order valence-electron chi connectivity index (χ2n) is 10.5. The SMILES string of the molecule is CC(C)N(C(C)C)P(OCCOCCSC(=O)C(C)(C)C)OCCOCCSC(=O)C(C)(C)C. The number of carbonyl (C=O) groups is 2. The molecule has 0 saturated heterocycles. The molecule has 7 nitrogen and oxygen atoms in total. The van der Waals surface area contributed by atoms with Crippen LogP contribution in [0.4, 0.5) is 0 Å². The molecule has 0 aromatic rings. The third-order valence-electron chi connectivity index (χ3n) is 4.25. The average Bonchev–Trinajstić information content (AvgIpc) is 2.69. The zero-order valence-corrected chi connectivity index (χ0v) is 25.5. The normalized spacial score (nSPS) is 13.0. The molecule has 0 amide bonds. The molecule has 0 radical (unpaired) electrons. The lowest BCUT2D eigenvalue weighted by Crippen LogP contribution is -2.34. The number of rotatable bonds is 17. The first-order valence-corrected chi connectivity index (χ1v) is 15.1. The second-order valence-corrected chi connectivity index (χ2v) is 14.1. The molecule has 0 aliphatic heterocycles. The van der Waals surface area contributed by atoms with E-state index in [0.29, 0.717) is 51.1 Å². The van der Waals surface area contributed by atoms with Gasteiger partial charge in [0.15, 0.2) is 10.2 Å². The van der Waals surface area contributed by atoms with Crippen molar-refractivity contribution in [2.75, 3.05) is 51.1 Å². The van der Waals surface area contributed by atoms with Gasteiger partial charge in [-0.2, -0.15) is 0 Å². The third-order valence-corrected chi connectivity index (χ3v) is 8.85. The maximum absolute atomic E-state index is 11.9. The molecule has 0 rings (SSSR count). The molecule has 0 spiro atoms. The molecule has 0 bridgehead atoms. The lowest BCUT2D eigenvalue weighted by Gasteiger charge is -2.35. The van der Waals surface area contributed by atoms with Crippen LogP contribution in [0.2, 0.25) is 0 Å². The van der Waals surface area contributed by atoms with Crippen LogP contribution in [-0.4, -0.2) is 78.1 Å². The highest BCUT2D eigenvalue weighted by molar-refractivity contribution is 8.14. The summed E-state index contributed by atoms with van der Waals surface area (Å²) in [6.45, 7) is 22.8. The quantitative estimate of drug-likeness (QED) is 0.163. The van der Waals surface area contributed by atoms with Crippen molar-refractivity contribution < 1.29 is 28.1 Å². The predicted octanol–water partition coefficient (Wildman–Crippen LogP) is 6.01. The summed E-state index contributed by atoms with van der Waals surface area (Å²) in [4.78, 5) is 23.9. The van der Waals surface area contributed by atoms with Gasteiger partial charge in [-0.25, -0.2) is 4.67 Å². The molecule has 0 heterocycles. The predicted molar refractivity (Wildman–Crippen MR) is 146 cm³/mol. The summed E-state index contributed by atoms with van der Waals surface area (Å²) in [5.74, 6) is 1.28. The van der Waals surface area contributed by atoms with Crippen LogP contribution in [0.15, 0.2) is 0 Å². The summed E-state index contributed by atoms with van der Waals surface area (Å²) < 4.78 is 25.7. The van der Waals surface area contributed by atoms with Gasteiger partial charge in [0.25, 0.3) is 8.53 Å². The number of hydrogen-bond donors (Lipinski definition) is 0. The maximum Gasteiger partial charge on any atom is 0.259 e. The number of hydrogen-bond acceptors (Lipinski definition) is 9. The molecule has 0 fully saturated rings. The second kappa shape index (κ2) is 17.7. The minimum absolute atomic E-state index is 0.176. The fourth-order valence-electron chi connectivity index (χ4n) is 2.52. The van der Waals surface area contributed by atoms with Crippen LogP contribution in [0.3, 0.4) is 0 Å². The van der Waals surface area contributed by atoms with E-state index in [2.05, 4.69) is 32.4 Å². The van der Waals surface area contributed by atoms with Crippen molar-refractivity contribution in [1.82, 2.24) is 4.67 Å². The third kappa shape index (κ3) is 16.1. The Labute approximate surface area is 218 Å². The molecule has 0 aromatic heterocycles. The van der Waals surface area contributed by atoms with Gasteiger partial charge in [0.1, 0.15) is 0 Å². The minimum Gasteiger partial charge on any atom is -0.378 e. The molecule has 0 unspecified atom stereocenters. The van der Waals surface area contributed by atoms with Crippen molar-refractivity contribution >= 4 is 42.3 Å². The molecule has 0 aromatic carbocycles. The summed E-state index contributed by atoms with van der Waals surface area (Å²) in [5, 5.41) is 0.353. The lowest BCUT2D eigenvalue weighted by atomic mass is 9.99. The summed E-state index contributed by atoms with van der Waals surface area (Å²) in [6, 6.07) is 0.542. The highest BCUT2D eigenvalue weighted by Gasteiger charge is 2.27. The first-order valence-electron chi connectivity index (χ1n) is 12.0. The van der Waals surface area contributed by atoms with Gasteiger partial charge in [0.2, 0.25) is 0 Å². The smallest absolute Gasteiger partial charge is 0.259 e. The van der Waals surface area contributed by atoms with Crippen molar-refractivity contribution in [1.29, 1.82) is 0 Å². The van der Waals surface area contributed by atoms with Gasteiger partial charge in [-0.15, -0.1) is 0 Å². The van der Waals surface area contributed by atoms with Crippen LogP contribution in [0, 0.1) is 10.8 Å². The molecule has 10 heteroatoms. The van der Waals surface area contributed by atoms with Crippen LogP contribution in [0.25, 0.3) is 0 Å². The van der Waals surface area contributed by atoms with E-state index < -0.39 is 8.53 Å². The van der Waals surface area contributed by atoms with Gasteiger partial charge in [-0.1, -0.05) is 65.1 Å². The maximum atomic E-state index is 11.9. The fraction of sp³-hybridized carbons (Fsp3) is 0.917. The Morgan fingerprint density at radius 2 is 1.03 bits per heavy atom. The molecular formula is C24H48NO6PS2. The Bertz CT molecular complexity index is 531. The highest BCUT2D eigenvalue weighted by atomic mass is 32.2. The van der Waals surface area contributed by atoms with Gasteiger partial charge >= 0.3 is 0 Å². The van der Waals surface area contributed by atoms with E-state index in [1.807, 2.05) is 41.5 Å². The number of ether oxygens (including phenoxy) is 2. The van der Waals surface area contributed by atoms with E-state index in [1.54, 1.807) is 0 Å². The van der Waals surface area contributed by atoms with Gasteiger partial charge in [-0.05, 0) is 27.7 Å². The van der Waals surface area contributed by atoms with E-state index >= 15 is 0 Å². The molecular weight excluding hydrogens is 493 g/mol. The molecule has 0 atom stereocenters. The van der Waals surface area contributed by atoms with Crippen molar-refractivity contribution in [3.05, 3.63) is 0 Å². The molecule has 202 valence electrons. The lowest BCUT2D eigenvalue weighted by molar-refractivity contribution is -0.118. The monoisotopic (exact) mass is 541 g/mol. The topological polar surface area (TPSA) is 74.3 Å². The summed E-state index contributed by atoms with van der Waals surface area (Å²) >= 11 is 2.63. The summed E-state index contributed by atoms with van der Waals surface area (Å²) in [5.41, 5.74) is -0.658. The van der Waals surface area contributed by atoms with Crippen molar-refractivity contribution in [3.8, 4) is 0 Å². The Morgan fingerprint density at radius 1 is 0.676 bits per heavy atom. The molecule has 0 N–H and O–H groups in total. The zero-order valence-electron chi connectivity index (χ0n) is 23.0. The van der Waals surface area contributed by atoms with Crippen LogP contribution in [0.1, 0.15) is 69.2 Å². The zero-order chi connectivity index (χ0) is 26.4. The van der Waals surface area contributed by atoms with Crippen molar-refractivity contribution in [2.45, 2.75) is 81.3 Å². The first-order chi connectivity index (χ1) is 15.7. The summed E-state index contributed by atoms with van der Waals surface area (Å²) in [6.07, 6.45) is 0. The molecule has 0 saturated carbocycles. The van der Waals surface area contributed by atoms with Gasteiger partial charge < -0.3 is 18.5 Å². The van der Waals surface area contributed by atoms with Crippen LogP contribution < -0.4 is 0 Å². The molecule has 34 heavy (non-hydrogen) atoms. The molecule has 0 aliphatic rings. The average molecular weight is 542 g/mol. The van der Waals surface area contributed by atoms with Crippen molar-refractivity contribution in [3.63, 3.8) is 0 Å². The van der Waals surface area contributed by atoms with Crippen molar-refractivity contribution in [2.24, 2.45) is 10.8 Å². The first kappa shape index (κ1) is 34.3. The Balaban J connectivity index is 4.31. The number of carbonyl (C=O) groups excluding carboxylic acids is 2. The van der Waals surface area contributed by atoms with Gasteiger partial charge in [0.05, 0.1) is 39.6 Å². The Morgan fingerprint density at radius 3 is 1.32 bits per heavy atom. The van der Waals surface area contributed by atoms with E-state index in [1.165, 1.54) is 23.5 Å². The standard InChI is InChI=1S/C24H48NO6PS2/c1-19(2)25(20(3)4)32(30-13-11-28-15-17-33-21(26)23(5,6)7)31-14-12-29-16-18-34-22(27)24(8,9)10/h19-20H,11-18H2,1-10H3. The van der Waals surface area contributed by atoms with E-state index in [0.717, 1.165) is 0 Å². The van der Waals surface area contributed by atoms with E-state index in [9.17, 15) is 9.59 Å². The number of thioether (sulfide) groups is 2. The van der Waals surface area contributed by atoms with E-state index in [4.69, 9.17) is 18.5 Å². The number of nitrogens with zero attached hydrogens (tertiary/aromatic N) is 1. The van der Waals surface area contributed by atoms with Gasteiger partial charge in [0, 0.05) is 34.4 Å². The van der Waals surface area contributed by atoms with Crippen LogP contribution in [-0.2, 0) is 28.1 Å². The molecule has 0 aliphatic carbocycles. The van der Waals surface area contributed by atoms with Crippen LogP contribution in [0.5, 0.6) is 0 Å².